The molecule has 0 radical (unpaired) electrons. The number of nitrogens with one attached hydrogen (secondary N) is 1. The van der Waals surface area contributed by atoms with E-state index in [0.717, 1.165) is 18.2 Å². The van der Waals surface area contributed by atoms with Crippen LogP contribution in [0.2, 0.25) is 0 Å². The Balaban J connectivity index is 2.15. The van der Waals surface area contributed by atoms with E-state index in [1.807, 2.05) is 0 Å². The van der Waals surface area contributed by atoms with Gasteiger partial charge in [0.2, 0.25) is 0 Å². The highest BCUT2D eigenvalue weighted by atomic mass is 19.4. The number of hydrogen-bond acceptors (Lipinski definition) is 2. The second kappa shape index (κ2) is 5.52. The third kappa shape index (κ3) is 2.88. The van der Waals surface area contributed by atoms with Gasteiger partial charge in [0.05, 0.1) is 5.56 Å². The number of carbonyl (C=O) groups is 1. The average Bonchev–Trinajstić information content (AvgIpc) is 2.53. The number of carboxylic acid groups (broad SMARTS) is 1. The Morgan fingerprint density at radius 3 is 2.38 bits per heavy atom. The first kappa shape index (κ1) is 15.8. The lowest BCUT2D eigenvalue weighted by atomic mass is 10.0. The molecule has 0 spiro atoms. The van der Waals surface area contributed by atoms with E-state index in [0.29, 0.717) is 16.6 Å². The van der Waals surface area contributed by atoms with Crippen LogP contribution in [0.25, 0.3) is 22.0 Å². The zero-order valence-electron chi connectivity index (χ0n) is 12.0. The molecule has 0 aliphatic rings. The number of aromatic nitrogens is 1. The summed E-state index contributed by atoms with van der Waals surface area (Å²) in [4.78, 5) is 25.6. The lowest BCUT2D eigenvalue weighted by Crippen LogP contribution is -2.09. The first-order valence-corrected chi connectivity index (χ1v) is 6.84. The Hall–Kier alpha value is -3.09. The fourth-order valence-electron chi connectivity index (χ4n) is 2.42. The van der Waals surface area contributed by atoms with Crippen LogP contribution >= 0.6 is 0 Å². The average molecular weight is 333 g/mol. The molecule has 0 aliphatic heterocycles. The van der Waals surface area contributed by atoms with Crippen molar-refractivity contribution in [2.45, 2.75) is 6.18 Å². The minimum Gasteiger partial charge on any atom is -0.477 e. The smallest absolute Gasteiger partial charge is 0.416 e. The van der Waals surface area contributed by atoms with E-state index in [4.69, 9.17) is 5.11 Å². The lowest BCUT2D eigenvalue weighted by molar-refractivity contribution is -0.137. The number of aromatic amines is 1. The van der Waals surface area contributed by atoms with E-state index < -0.39 is 23.1 Å². The normalized spacial score (nSPS) is 11.6. The van der Waals surface area contributed by atoms with Crippen LogP contribution in [0.5, 0.6) is 0 Å². The van der Waals surface area contributed by atoms with E-state index in [-0.39, 0.29) is 11.1 Å². The number of alkyl halides is 3. The van der Waals surface area contributed by atoms with Crippen LogP contribution in [0.3, 0.4) is 0 Å². The number of benzene rings is 2. The molecule has 3 aromatic rings. The molecule has 2 N–H and O–H groups in total. The Bertz CT molecular complexity index is 1010. The first-order chi connectivity index (χ1) is 11.3. The molecule has 0 bridgehead atoms. The number of carboxylic acids is 1. The molecule has 0 atom stereocenters. The van der Waals surface area contributed by atoms with Gasteiger partial charge in [0.15, 0.2) is 5.43 Å². The number of rotatable bonds is 2. The summed E-state index contributed by atoms with van der Waals surface area (Å²) in [5.74, 6) is -1.27. The minimum atomic E-state index is -4.46. The van der Waals surface area contributed by atoms with Crippen molar-refractivity contribution in [1.29, 1.82) is 0 Å². The molecular formula is C17H10F3NO3. The largest absolute Gasteiger partial charge is 0.477 e. The second-order valence-electron chi connectivity index (χ2n) is 5.19. The van der Waals surface area contributed by atoms with Gasteiger partial charge in [0, 0.05) is 17.0 Å². The molecule has 1 aromatic heterocycles. The number of fused-ring (bicyclic) bond motifs is 1. The zero-order valence-corrected chi connectivity index (χ0v) is 12.0. The van der Waals surface area contributed by atoms with E-state index in [2.05, 4.69) is 4.98 Å². The van der Waals surface area contributed by atoms with Crippen LogP contribution < -0.4 is 5.43 Å². The number of halogens is 3. The summed E-state index contributed by atoms with van der Waals surface area (Å²) in [6.45, 7) is 0. The first-order valence-electron chi connectivity index (χ1n) is 6.84. The highest BCUT2D eigenvalue weighted by molar-refractivity contribution is 5.91. The number of hydrogen-bond donors (Lipinski definition) is 2. The highest BCUT2D eigenvalue weighted by Crippen LogP contribution is 2.32. The SMILES string of the molecule is O=C(O)c1cc(=O)c2cc(-c3cccc(C(F)(F)F)c3)ccc2[nH]1. The van der Waals surface area contributed by atoms with Crippen LogP contribution in [0.4, 0.5) is 13.2 Å². The monoisotopic (exact) mass is 333 g/mol. The lowest BCUT2D eigenvalue weighted by Gasteiger charge is -2.09. The summed E-state index contributed by atoms with van der Waals surface area (Å²) in [5.41, 5.74) is -0.504. The van der Waals surface area contributed by atoms with Gasteiger partial charge in [-0.15, -0.1) is 0 Å². The molecule has 4 nitrogen and oxygen atoms in total. The van der Waals surface area contributed by atoms with E-state index >= 15 is 0 Å². The van der Waals surface area contributed by atoms with Crippen molar-refractivity contribution >= 4 is 16.9 Å². The number of pyridine rings is 1. The molecule has 7 heteroatoms. The molecule has 3 rings (SSSR count). The van der Waals surface area contributed by atoms with E-state index in [9.17, 15) is 22.8 Å². The summed E-state index contributed by atoms with van der Waals surface area (Å²) in [6.07, 6.45) is -4.46. The fourth-order valence-corrected chi connectivity index (χ4v) is 2.42. The Morgan fingerprint density at radius 2 is 1.71 bits per heavy atom. The van der Waals surface area contributed by atoms with E-state index in [1.54, 1.807) is 0 Å². The van der Waals surface area contributed by atoms with Gasteiger partial charge in [0.1, 0.15) is 5.69 Å². The predicted molar refractivity (Wildman–Crippen MR) is 82.0 cm³/mol. The van der Waals surface area contributed by atoms with Crippen LogP contribution in [0, 0.1) is 0 Å². The maximum atomic E-state index is 12.8. The van der Waals surface area contributed by atoms with Crippen molar-refractivity contribution in [2.75, 3.05) is 0 Å². The molecule has 0 fully saturated rings. The van der Waals surface area contributed by atoms with Gasteiger partial charge in [-0.1, -0.05) is 18.2 Å². The zero-order chi connectivity index (χ0) is 17.5. The van der Waals surface area contributed by atoms with Crippen molar-refractivity contribution in [2.24, 2.45) is 0 Å². The Labute approximate surface area is 133 Å². The van der Waals surface area contributed by atoms with Crippen LogP contribution in [0.1, 0.15) is 16.1 Å². The van der Waals surface area contributed by atoms with Crippen molar-refractivity contribution in [3.8, 4) is 11.1 Å². The van der Waals surface area contributed by atoms with Gasteiger partial charge in [-0.3, -0.25) is 4.79 Å². The Morgan fingerprint density at radius 1 is 1.00 bits per heavy atom. The van der Waals surface area contributed by atoms with Crippen LogP contribution in [-0.4, -0.2) is 16.1 Å². The molecule has 24 heavy (non-hydrogen) atoms. The van der Waals surface area contributed by atoms with Gasteiger partial charge in [0.25, 0.3) is 0 Å². The molecule has 2 aromatic carbocycles. The van der Waals surface area contributed by atoms with Crippen LogP contribution in [0.15, 0.2) is 53.3 Å². The van der Waals surface area contributed by atoms with Gasteiger partial charge in [-0.25, -0.2) is 4.79 Å². The fraction of sp³-hybridized carbons (Fsp3) is 0.0588. The summed E-state index contributed by atoms with van der Waals surface area (Å²) in [5, 5.41) is 9.14. The standard InChI is InChI=1S/C17H10F3NO3/c18-17(19,20)11-3-1-2-9(6-11)10-4-5-13-12(7-10)15(22)8-14(21-13)16(23)24/h1-8H,(H,21,22)(H,23,24). The number of H-pyrrole nitrogens is 1. The molecule has 122 valence electrons. The molecule has 0 amide bonds. The van der Waals surface area contributed by atoms with Gasteiger partial charge in [-0.2, -0.15) is 13.2 Å². The third-order valence-corrected chi connectivity index (χ3v) is 3.58. The van der Waals surface area contributed by atoms with Gasteiger partial charge < -0.3 is 10.1 Å². The summed E-state index contributed by atoms with van der Waals surface area (Å²) >= 11 is 0. The molecule has 1 heterocycles. The third-order valence-electron chi connectivity index (χ3n) is 3.58. The Kier molecular flexibility index (Phi) is 3.63. The molecule has 0 saturated heterocycles. The number of aromatic carboxylic acids is 1. The van der Waals surface area contributed by atoms with Crippen molar-refractivity contribution in [3.63, 3.8) is 0 Å². The summed E-state index contributed by atoms with van der Waals surface area (Å²) < 4.78 is 38.4. The summed E-state index contributed by atoms with van der Waals surface area (Å²) in [7, 11) is 0. The minimum absolute atomic E-state index is 0.204. The van der Waals surface area contributed by atoms with Crippen LogP contribution in [-0.2, 0) is 6.18 Å². The molecular weight excluding hydrogens is 323 g/mol. The van der Waals surface area contributed by atoms with Gasteiger partial charge >= 0.3 is 12.1 Å². The van der Waals surface area contributed by atoms with E-state index in [1.165, 1.54) is 30.3 Å². The molecule has 0 aliphatic carbocycles. The quantitative estimate of drug-likeness (QED) is 0.747. The molecule has 0 unspecified atom stereocenters. The highest BCUT2D eigenvalue weighted by Gasteiger charge is 2.30. The predicted octanol–water partition coefficient (Wildman–Crippen LogP) is 3.91. The maximum Gasteiger partial charge on any atom is 0.416 e. The van der Waals surface area contributed by atoms with Crippen molar-refractivity contribution in [1.82, 2.24) is 4.98 Å². The molecule has 0 saturated carbocycles. The van der Waals surface area contributed by atoms with Gasteiger partial charge in [-0.05, 0) is 35.4 Å². The maximum absolute atomic E-state index is 12.8. The summed E-state index contributed by atoms with van der Waals surface area (Å²) in [6, 6.07) is 10.2. The van der Waals surface area contributed by atoms with Crippen molar-refractivity contribution < 1.29 is 23.1 Å². The van der Waals surface area contributed by atoms with Crippen molar-refractivity contribution in [3.05, 3.63) is 70.0 Å². The second-order valence-corrected chi connectivity index (χ2v) is 5.19. The topological polar surface area (TPSA) is 70.2 Å².